The number of aliphatic carboxylic acids is 1. The minimum absolute atomic E-state index is 0.0272. The maximum atomic E-state index is 11.9. The van der Waals surface area contributed by atoms with Gasteiger partial charge in [-0.1, -0.05) is 18.2 Å². The monoisotopic (exact) mass is 250 g/mol. The second kappa shape index (κ2) is 5.85. The van der Waals surface area contributed by atoms with E-state index in [1.54, 1.807) is 12.2 Å². The van der Waals surface area contributed by atoms with Gasteiger partial charge < -0.3 is 9.84 Å². The number of esters is 1. The lowest BCUT2D eigenvalue weighted by atomic mass is 9.93. The summed E-state index contributed by atoms with van der Waals surface area (Å²) in [6, 6.07) is 0. The largest absolute Gasteiger partial charge is 0.481 e. The van der Waals surface area contributed by atoms with Crippen molar-refractivity contribution in [3.8, 4) is 0 Å². The Hall–Kier alpha value is -1.58. The van der Waals surface area contributed by atoms with Crippen LogP contribution in [0.1, 0.15) is 32.1 Å². The summed E-state index contributed by atoms with van der Waals surface area (Å²) in [5.41, 5.74) is 0. The molecule has 4 nitrogen and oxygen atoms in total. The van der Waals surface area contributed by atoms with Gasteiger partial charge in [0, 0.05) is 0 Å². The molecule has 2 rings (SSSR count). The lowest BCUT2D eigenvalue weighted by Gasteiger charge is -2.23. The summed E-state index contributed by atoms with van der Waals surface area (Å²) in [7, 11) is 0. The molecule has 2 aliphatic carbocycles. The van der Waals surface area contributed by atoms with E-state index >= 15 is 0 Å². The van der Waals surface area contributed by atoms with E-state index in [1.807, 2.05) is 6.08 Å². The van der Waals surface area contributed by atoms with E-state index in [0.717, 1.165) is 19.3 Å². The number of ether oxygens (including phenoxy) is 1. The second-order valence-electron chi connectivity index (χ2n) is 4.86. The standard InChI is InChI=1S/C14H18O4/c15-13(16)10-6-8-12(9-7-10)18-14(17)11-4-2-1-3-5-11/h1-2,6,8,10-12H,3-5,7,9H2,(H,15,16). The fourth-order valence-electron chi connectivity index (χ4n) is 2.35. The van der Waals surface area contributed by atoms with E-state index in [-0.39, 0.29) is 18.0 Å². The van der Waals surface area contributed by atoms with Crippen molar-refractivity contribution in [2.75, 3.05) is 0 Å². The molecule has 0 spiro atoms. The van der Waals surface area contributed by atoms with Gasteiger partial charge in [0.2, 0.25) is 0 Å². The number of allylic oxidation sites excluding steroid dienone is 2. The number of hydrogen-bond acceptors (Lipinski definition) is 3. The molecule has 0 aromatic heterocycles. The van der Waals surface area contributed by atoms with Crippen molar-refractivity contribution >= 4 is 11.9 Å². The molecule has 0 fully saturated rings. The molecular formula is C14H18O4. The van der Waals surface area contributed by atoms with Crippen molar-refractivity contribution in [1.82, 2.24) is 0 Å². The molecule has 0 aliphatic heterocycles. The molecule has 98 valence electrons. The number of rotatable bonds is 3. The minimum Gasteiger partial charge on any atom is -0.481 e. The Balaban J connectivity index is 1.83. The van der Waals surface area contributed by atoms with Crippen LogP contribution < -0.4 is 0 Å². The van der Waals surface area contributed by atoms with Crippen LogP contribution in [0.4, 0.5) is 0 Å². The normalized spacial score (nSPS) is 31.0. The predicted octanol–water partition coefficient (Wildman–Crippen LogP) is 2.31. The molecule has 0 saturated heterocycles. The summed E-state index contributed by atoms with van der Waals surface area (Å²) in [4.78, 5) is 22.6. The second-order valence-corrected chi connectivity index (χ2v) is 4.86. The molecule has 4 heteroatoms. The molecular weight excluding hydrogens is 232 g/mol. The van der Waals surface area contributed by atoms with Gasteiger partial charge in [0.15, 0.2) is 0 Å². The van der Waals surface area contributed by atoms with E-state index in [0.29, 0.717) is 12.8 Å². The topological polar surface area (TPSA) is 63.6 Å². The Labute approximate surface area is 106 Å². The van der Waals surface area contributed by atoms with E-state index < -0.39 is 11.9 Å². The van der Waals surface area contributed by atoms with Crippen LogP contribution in [-0.2, 0) is 14.3 Å². The number of hydrogen-bond donors (Lipinski definition) is 1. The first-order valence-electron chi connectivity index (χ1n) is 6.43. The molecule has 0 amide bonds. The third-order valence-electron chi connectivity index (χ3n) is 3.51. The Morgan fingerprint density at radius 3 is 2.50 bits per heavy atom. The quantitative estimate of drug-likeness (QED) is 0.616. The molecule has 0 heterocycles. The van der Waals surface area contributed by atoms with E-state index in [9.17, 15) is 9.59 Å². The van der Waals surface area contributed by atoms with Crippen LogP contribution in [0.25, 0.3) is 0 Å². The first kappa shape index (κ1) is 12.9. The van der Waals surface area contributed by atoms with Gasteiger partial charge in [0.05, 0.1) is 11.8 Å². The number of carbonyl (C=O) groups excluding carboxylic acids is 1. The van der Waals surface area contributed by atoms with Crippen molar-refractivity contribution in [3.05, 3.63) is 24.3 Å². The molecule has 3 atom stereocenters. The van der Waals surface area contributed by atoms with Gasteiger partial charge in [-0.25, -0.2) is 0 Å². The van der Waals surface area contributed by atoms with Gasteiger partial charge in [-0.3, -0.25) is 9.59 Å². The Morgan fingerprint density at radius 1 is 1.11 bits per heavy atom. The number of carbonyl (C=O) groups is 2. The molecule has 1 N–H and O–H groups in total. The van der Waals surface area contributed by atoms with Crippen molar-refractivity contribution in [3.63, 3.8) is 0 Å². The summed E-state index contributed by atoms with van der Waals surface area (Å²) in [6.45, 7) is 0. The summed E-state index contributed by atoms with van der Waals surface area (Å²) in [6.07, 6.45) is 10.9. The highest BCUT2D eigenvalue weighted by atomic mass is 16.5. The zero-order chi connectivity index (χ0) is 13.0. The molecule has 0 aromatic rings. The highest BCUT2D eigenvalue weighted by Gasteiger charge is 2.26. The van der Waals surface area contributed by atoms with E-state index in [4.69, 9.17) is 9.84 Å². The van der Waals surface area contributed by atoms with Crippen LogP contribution in [0, 0.1) is 11.8 Å². The Bertz CT molecular complexity index is 383. The lowest BCUT2D eigenvalue weighted by molar-refractivity contribution is -0.152. The van der Waals surface area contributed by atoms with Gasteiger partial charge in [-0.05, 0) is 38.2 Å². The zero-order valence-electron chi connectivity index (χ0n) is 10.2. The Kier molecular flexibility index (Phi) is 4.18. The fourth-order valence-corrected chi connectivity index (χ4v) is 2.35. The average Bonchev–Trinajstić information content (AvgIpc) is 2.40. The molecule has 0 radical (unpaired) electrons. The minimum atomic E-state index is -0.812. The van der Waals surface area contributed by atoms with Crippen LogP contribution in [0.2, 0.25) is 0 Å². The van der Waals surface area contributed by atoms with Gasteiger partial charge in [-0.2, -0.15) is 0 Å². The third-order valence-corrected chi connectivity index (χ3v) is 3.51. The smallest absolute Gasteiger partial charge is 0.310 e. The average molecular weight is 250 g/mol. The van der Waals surface area contributed by atoms with Crippen LogP contribution in [-0.4, -0.2) is 23.1 Å². The van der Waals surface area contributed by atoms with Gasteiger partial charge in [-0.15, -0.1) is 0 Å². The first-order chi connectivity index (χ1) is 8.66. The van der Waals surface area contributed by atoms with Crippen molar-refractivity contribution in [2.45, 2.75) is 38.2 Å². The zero-order valence-corrected chi connectivity index (χ0v) is 10.2. The van der Waals surface area contributed by atoms with Gasteiger partial charge in [0.25, 0.3) is 0 Å². The summed E-state index contributed by atoms with van der Waals surface area (Å²) < 4.78 is 5.41. The molecule has 2 aliphatic rings. The number of carboxylic acids is 1. The van der Waals surface area contributed by atoms with Crippen LogP contribution in [0.3, 0.4) is 0 Å². The van der Waals surface area contributed by atoms with Crippen molar-refractivity contribution in [1.29, 1.82) is 0 Å². The lowest BCUT2D eigenvalue weighted by Crippen LogP contribution is -2.27. The van der Waals surface area contributed by atoms with Gasteiger partial charge in [0.1, 0.15) is 6.10 Å². The molecule has 0 bridgehead atoms. The maximum Gasteiger partial charge on any atom is 0.310 e. The number of carboxylic acid groups (broad SMARTS) is 1. The van der Waals surface area contributed by atoms with Crippen LogP contribution in [0.15, 0.2) is 24.3 Å². The van der Waals surface area contributed by atoms with Gasteiger partial charge >= 0.3 is 11.9 Å². The maximum absolute atomic E-state index is 11.9. The van der Waals surface area contributed by atoms with Crippen LogP contribution in [0.5, 0.6) is 0 Å². The molecule has 18 heavy (non-hydrogen) atoms. The van der Waals surface area contributed by atoms with Crippen molar-refractivity contribution < 1.29 is 19.4 Å². The summed E-state index contributed by atoms with van der Waals surface area (Å²) in [5.74, 6) is -1.42. The third kappa shape index (κ3) is 3.22. The molecule has 3 unspecified atom stereocenters. The molecule has 0 aromatic carbocycles. The summed E-state index contributed by atoms with van der Waals surface area (Å²) in [5, 5.41) is 8.84. The highest BCUT2D eigenvalue weighted by molar-refractivity contribution is 5.74. The van der Waals surface area contributed by atoms with Crippen molar-refractivity contribution in [2.24, 2.45) is 11.8 Å². The predicted molar refractivity (Wildman–Crippen MR) is 65.9 cm³/mol. The first-order valence-corrected chi connectivity index (χ1v) is 6.43. The highest BCUT2D eigenvalue weighted by Crippen LogP contribution is 2.24. The molecule has 0 saturated carbocycles. The van der Waals surface area contributed by atoms with E-state index in [1.165, 1.54) is 0 Å². The van der Waals surface area contributed by atoms with E-state index in [2.05, 4.69) is 6.08 Å². The SMILES string of the molecule is O=C(O)C1C=CC(OC(=O)C2CC=CCC2)CC1. The Morgan fingerprint density at radius 2 is 1.94 bits per heavy atom. The fraction of sp³-hybridized carbons (Fsp3) is 0.571. The van der Waals surface area contributed by atoms with Crippen LogP contribution >= 0.6 is 0 Å². The summed E-state index contributed by atoms with van der Waals surface area (Å²) >= 11 is 0.